The minimum absolute atomic E-state index is 0.0874. The number of carboxylic acids is 1. The third kappa shape index (κ3) is 4.03. The predicted molar refractivity (Wildman–Crippen MR) is 125 cm³/mol. The topological polar surface area (TPSA) is 88.5 Å². The van der Waals surface area contributed by atoms with Gasteiger partial charge in [-0.1, -0.05) is 66.7 Å². The Labute approximate surface area is 190 Å². The highest BCUT2D eigenvalue weighted by atomic mass is 16.5. The van der Waals surface area contributed by atoms with Gasteiger partial charge in [-0.15, -0.1) is 0 Å². The molecule has 0 radical (unpaired) electrons. The van der Waals surface area contributed by atoms with Gasteiger partial charge in [0.2, 0.25) is 0 Å². The van der Waals surface area contributed by atoms with Gasteiger partial charge in [0.25, 0.3) is 0 Å². The molecular formula is C27H22N2O4. The van der Waals surface area contributed by atoms with Gasteiger partial charge in [0.05, 0.1) is 5.52 Å². The van der Waals surface area contributed by atoms with Gasteiger partial charge >= 0.3 is 12.1 Å². The lowest BCUT2D eigenvalue weighted by Gasteiger charge is -2.18. The maximum atomic E-state index is 12.6. The standard InChI is InChI=1S/C27H22N2O4/c30-26(31)25(15-17-7-5-13-24-18(17)12-6-14-28-24)29-27(32)33-16-23-21-10-3-1-8-19(21)20-9-2-4-11-22(20)23/h1-14,23,25H,15-16H2,(H,29,32)(H,30,31)/t25-/m1/s1. The molecule has 0 unspecified atom stereocenters. The summed E-state index contributed by atoms with van der Waals surface area (Å²) in [5, 5.41) is 13.1. The number of hydrogen-bond acceptors (Lipinski definition) is 4. The zero-order chi connectivity index (χ0) is 22.8. The average molecular weight is 438 g/mol. The summed E-state index contributed by atoms with van der Waals surface area (Å²) in [4.78, 5) is 28.8. The lowest BCUT2D eigenvalue weighted by atomic mass is 9.98. The molecule has 6 heteroatoms. The minimum atomic E-state index is -1.12. The van der Waals surface area contributed by atoms with Gasteiger partial charge in [-0.05, 0) is 39.9 Å². The number of pyridine rings is 1. The first-order valence-electron chi connectivity index (χ1n) is 10.8. The summed E-state index contributed by atoms with van der Waals surface area (Å²) in [5.41, 5.74) is 6.05. The van der Waals surface area contributed by atoms with Crippen molar-refractivity contribution in [1.29, 1.82) is 0 Å². The molecule has 33 heavy (non-hydrogen) atoms. The fraction of sp³-hybridized carbons (Fsp3) is 0.148. The molecule has 6 nitrogen and oxygen atoms in total. The molecule has 1 aliphatic rings. The van der Waals surface area contributed by atoms with Crippen LogP contribution in [0.1, 0.15) is 22.6 Å². The van der Waals surface area contributed by atoms with Crippen LogP contribution in [0.15, 0.2) is 85.1 Å². The third-order valence-corrected chi connectivity index (χ3v) is 6.09. The maximum absolute atomic E-state index is 12.6. The van der Waals surface area contributed by atoms with Crippen LogP contribution in [0.5, 0.6) is 0 Å². The van der Waals surface area contributed by atoms with Crippen LogP contribution in [0, 0.1) is 0 Å². The van der Waals surface area contributed by atoms with Crippen LogP contribution < -0.4 is 5.32 Å². The number of aliphatic carboxylic acids is 1. The van der Waals surface area contributed by atoms with Crippen LogP contribution in [-0.4, -0.2) is 34.8 Å². The van der Waals surface area contributed by atoms with Crippen molar-refractivity contribution in [2.75, 3.05) is 6.61 Å². The highest BCUT2D eigenvalue weighted by molar-refractivity contribution is 5.85. The molecule has 1 aliphatic carbocycles. The Morgan fingerprint density at radius 1 is 0.909 bits per heavy atom. The summed E-state index contributed by atoms with van der Waals surface area (Å²) in [7, 11) is 0. The molecule has 0 fully saturated rings. The van der Waals surface area contributed by atoms with Crippen LogP contribution >= 0.6 is 0 Å². The summed E-state index contributed by atoms with van der Waals surface area (Å²) in [6, 6.07) is 24.2. The molecule has 0 spiro atoms. The Kier molecular flexibility index (Phi) is 5.48. The van der Waals surface area contributed by atoms with Gasteiger partial charge in [-0.2, -0.15) is 0 Å². The van der Waals surface area contributed by atoms with Gasteiger partial charge in [0.1, 0.15) is 12.6 Å². The van der Waals surface area contributed by atoms with E-state index in [1.54, 1.807) is 12.3 Å². The molecule has 0 saturated heterocycles. The van der Waals surface area contributed by atoms with Gasteiger partial charge in [0.15, 0.2) is 0 Å². The second kappa shape index (κ2) is 8.74. The van der Waals surface area contributed by atoms with E-state index >= 15 is 0 Å². The van der Waals surface area contributed by atoms with Crippen molar-refractivity contribution >= 4 is 23.0 Å². The lowest BCUT2D eigenvalue weighted by Crippen LogP contribution is -2.43. The van der Waals surface area contributed by atoms with Crippen molar-refractivity contribution in [2.24, 2.45) is 0 Å². The van der Waals surface area contributed by atoms with Crippen molar-refractivity contribution in [3.05, 3.63) is 102 Å². The van der Waals surface area contributed by atoms with Crippen molar-refractivity contribution in [3.63, 3.8) is 0 Å². The molecule has 0 bridgehead atoms. The van der Waals surface area contributed by atoms with Crippen LogP contribution in [0.3, 0.4) is 0 Å². The Hall–Kier alpha value is -4.19. The average Bonchev–Trinajstić information content (AvgIpc) is 3.16. The number of nitrogens with one attached hydrogen (secondary N) is 1. The molecule has 0 saturated carbocycles. The molecular weight excluding hydrogens is 416 g/mol. The quantitative estimate of drug-likeness (QED) is 0.453. The van der Waals surface area contributed by atoms with E-state index in [-0.39, 0.29) is 18.9 Å². The number of carbonyl (C=O) groups is 2. The van der Waals surface area contributed by atoms with Crippen LogP contribution in [0.25, 0.3) is 22.0 Å². The molecule has 2 N–H and O–H groups in total. The number of carbonyl (C=O) groups excluding carboxylic acids is 1. The number of carboxylic acid groups (broad SMARTS) is 1. The number of rotatable bonds is 6. The van der Waals surface area contributed by atoms with Gasteiger partial charge in [-0.3, -0.25) is 4.98 Å². The predicted octanol–water partition coefficient (Wildman–Crippen LogP) is 4.77. The van der Waals surface area contributed by atoms with Crippen LogP contribution in [0.2, 0.25) is 0 Å². The monoisotopic (exact) mass is 438 g/mol. The van der Waals surface area contributed by atoms with Gasteiger partial charge in [-0.25, -0.2) is 9.59 Å². The Morgan fingerprint density at radius 3 is 2.30 bits per heavy atom. The van der Waals surface area contributed by atoms with E-state index in [2.05, 4.69) is 22.4 Å². The number of hydrogen-bond donors (Lipinski definition) is 2. The first-order valence-corrected chi connectivity index (χ1v) is 10.8. The van der Waals surface area contributed by atoms with Crippen molar-refractivity contribution < 1.29 is 19.4 Å². The third-order valence-electron chi connectivity index (χ3n) is 6.09. The van der Waals surface area contributed by atoms with E-state index in [1.165, 1.54) is 0 Å². The minimum Gasteiger partial charge on any atom is -0.480 e. The molecule has 1 heterocycles. The normalized spacial score (nSPS) is 13.2. The number of benzene rings is 3. The first kappa shape index (κ1) is 20.7. The first-order chi connectivity index (χ1) is 16.1. The molecule has 1 atom stereocenters. The maximum Gasteiger partial charge on any atom is 0.407 e. The van der Waals surface area contributed by atoms with E-state index in [0.29, 0.717) is 0 Å². The van der Waals surface area contributed by atoms with Crippen LogP contribution in [-0.2, 0) is 16.0 Å². The number of alkyl carbamates (subject to hydrolysis) is 1. The number of ether oxygens (including phenoxy) is 1. The fourth-order valence-electron chi connectivity index (χ4n) is 4.55. The smallest absolute Gasteiger partial charge is 0.407 e. The highest BCUT2D eigenvalue weighted by Crippen LogP contribution is 2.44. The second-order valence-corrected chi connectivity index (χ2v) is 8.05. The molecule has 0 aliphatic heterocycles. The second-order valence-electron chi connectivity index (χ2n) is 8.05. The lowest BCUT2D eigenvalue weighted by molar-refractivity contribution is -0.139. The summed E-state index contributed by atoms with van der Waals surface area (Å²) in [5.74, 6) is -1.21. The zero-order valence-corrected chi connectivity index (χ0v) is 17.8. The molecule has 5 rings (SSSR count). The summed E-state index contributed by atoms with van der Waals surface area (Å²) < 4.78 is 5.52. The van der Waals surface area contributed by atoms with E-state index in [4.69, 9.17) is 4.74 Å². The van der Waals surface area contributed by atoms with E-state index < -0.39 is 18.1 Å². The molecule has 3 aromatic carbocycles. The fourth-order valence-corrected chi connectivity index (χ4v) is 4.55. The van der Waals surface area contributed by atoms with Crippen molar-refractivity contribution in [1.82, 2.24) is 10.3 Å². The van der Waals surface area contributed by atoms with Gasteiger partial charge < -0.3 is 15.2 Å². The van der Waals surface area contributed by atoms with Crippen LogP contribution in [0.4, 0.5) is 4.79 Å². The van der Waals surface area contributed by atoms with Crippen molar-refractivity contribution in [3.8, 4) is 11.1 Å². The summed E-state index contributed by atoms with van der Waals surface area (Å²) in [6.45, 7) is 0.129. The van der Waals surface area contributed by atoms with E-state index in [9.17, 15) is 14.7 Å². The molecule has 1 amide bonds. The van der Waals surface area contributed by atoms with Gasteiger partial charge in [0, 0.05) is 23.9 Å². The largest absolute Gasteiger partial charge is 0.480 e. The summed E-state index contributed by atoms with van der Waals surface area (Å²) >= 11 is 0. The molecule has 4 aromatic rings. The number of aromatic nitrogens is 1. The highest BCUT2D eigenvalue weighted by Gasteiger charge is 2.30. The molecule has 164 valence electrons. The zero-order valence-electron chi connectivity index (χ0n) is 17.8. The summed E-state index contributed by atoms with van der Waals surface area (Å²) in [6.07, 6.45) is 1.07. The Bertz CT molecular complexity index is 1300. The number of nitrogens with zero attached hydrogens (tertiary/aromatic N) is 1. The van der Waals surface area contributed by atoms with E-state index in [1.807, 2.05) is 60.7 Å². The molecule has 1 aromatic heterocycles. The number of amides is 1. The van der Waals surface area contributed by atoms with Crippen molar-refractivity contribution in [2.45, 2.75) is 18.4 Å². The van der Waals surface area contributed by atoms with E-state index in [0.717, 1.165) is 38.7 Å². The Balaban J connectivity index is 1.29. The number of fused-ring (bicyclic) bond motifs is 4. The SMILES string of the molecule is O=C(N[C@H](Cc1cccc2ncccc12)C(=O)O)OCC1c2ccccc2-c2ccccc21. The Morgan fingerprint density at radius 2 is 1.61 bits per heavy atom.